The Labute approximate surface area is 183 Å². The van der Waals surface area contributed by atoms with E-state index in [9.17, 15) is 0 Å². The lowest BCUT2D eigenvalue weighted by Crippen LogP contribution is -2.01. The fourth-order valence-electron chi connectivity index (χ4n) is 2.32. The van der Waals surface area contributed by atoms with Crippen molar-refractivity contribution in [3.8, 4) is 11.5 Å². The number of hydrogen-bond donors (Lipinski definition) is 1. The quantitative estimate of drug-likeness (QED) is 0.260. The zero-order chi connectivity index (χ0) is 19.4. The van der Waals surface area contributed by atoms with Crippen molar-refractivity contribution in [2.45, 2.75) is 13.5 Å². The summed E-state index contributed by atoms with van der Waals surface area (Å²) < 4.78 is 15.5. The van der Waals surface area contributed by atoms with E-state index >= 15 is 0 Å². The predicted octanol–water partition coefficient (Wildman–Crippen LogP) is 5.09. The third kappa shape index (κ3) is 4.96. The Morgan fingerprint density at radius 1 is 1.33 bits per heavy atom. The minimum atomic E-state index is 0.444. The molecule has 3 aromatic rings. The van der Waals surface area contributed by atoms with Gasteiger partial charge in [-0.05, 0) is 77.1 Å². The van der Waals surface area contributed by atoms with Crippen molar-refractivity contribution >= 4 is 57.0 Å². The molecule has 0 spiro atoms. The van der Waals surface area contributed by atoms with Gasteiger partial charge < -0.3 is 9.47 Å². The van der Waals surface area contributed by atoms with Crippen LogP contribution in [0.5, 0.6) is 11.5 Å². The van der Waals surface area contributed by atoms with Crippen molar-refractivity contribution in [1.29, 1.82) is 0 Å². The van der Waals surface area contributed by atoms with Gasteiger partial charge >= 0.3 is 0 Å². The first-order valence-electron chi connectivity index (χ1n) is 7.91. The fraction of sp³-hybridized carbons (Fsp3) is 0.167. The van der Waals surface area contributed by atoms with Gasteiger partial charge in [0.1, 0.15) is 12.4 Å². The lowest BCUT2D eigenvalue weighted by molar-refractivity contribution is 0.282. The number of nitrogens with zero attached hydrogens (tertiary/aromatic N) is 3. The zero-order valence-corrected chi connectivity index (χ0v) is 19.1. The Balaban J connectivity index is 1.82. The van der Waals surface area contributed by atoms with E-state index in [0.717, 1.165) is 19.2 Å². The molecule has 6 nitrogen and oxygen atoms in total. The van der Waals surface area contributed by atoms with Gasteiger partial charge in [-0.2, -0.15) is 14.9 Å². The SMILES string of the molecule is COc1cc(/C=N\n2c(C)n[nH]c2=S)cc(I)c1OCc1ccc(Br)cc1. The van der Waals surface area contributed by atoms with E-state index in [1.165, 1.54) is 0 Å². The first-order valence-corrected chi connectivity index (χ1v) is 10.2. The summed E-state index contributed by atoms with van der Waals surface area (Å²) in [6.07, 6.45) is 1.71. The van der Waals surface area contributed by atoms with Crippen LogP contribution in [-0.2, 0) is 6.61 Å². The van der Waals surface area contributed by atoms with E-state index < -0.39 is 0 Å². The average molecular weight is 559 g/mol. The third-order valence-electron chi connectivity index (χ3n) is 3.68. The van der Waals surface area contributed by atoms with E-state index in [2.05, 4.69) is 53.8 Å². The number of hydrogen-bond acceptors (Lipinski definition) is 5. The van der Waals surface area contributed by atoms with Crippen LogP contribution in [0.2, 0.25) is 0 Å². The molecule has 0 radical (unpaired) electrons. The topological polar surface area (TPSA) is 64.4 Å². The zero-order valence-electron chi connectivity index (χ0n) is 14.6. The van der Waals surface area contributed by atoms with Gasteiger partial charge in [0.05, 0.1) is 16.9 Å². The van der Waals surface area contributed by atoms with Gasteiger partial charge in [-0.3, -0.25) is 5.10 Å². The molecule has 1 heterocycles. The first-order chi connectivity index (χ1) is 13.0. The number of halogens is 2. The minimum Gasteiger partial charge on any atom is -0.493 e. The molecule has 0 aliphatic carbocycles. The van der Waals surface area contributed by atoms with Gasteiger partial charge in [0.15, 0.2) is 11.5 Å². The van der Waals surface area contributed by atoms with E-state index in [-0.39, 0.29) is 0 Å². The summed E-state index contributed by atoms with van der Waals surface area (Å²) in [5.41, 5.74) is 1.95. The summed E-state index contributed by atoms with van der Waals surface area (Å²) >= 11 is 10.8. The molecule has 140 valence electrons. The highest BCUT2D eigenvalue weighted by Crippen LogP contribution is 2.34. The monoisotopic (exact) mass is 558 g/mol. The summed E-state index contributed by atoms with van der Waals surface area (Å²) in [6.45, 7) is 2.28. The molecule has 1 aromatic heterocycles. The molecule has 27 heavy (non-hydrogen) atoms. The molecule has 0 aliphatic rings. The fourth-order valence-corrected chi connectivity index (χ4v) is 3.59. The number of aromatic nitrogens is 3. The van der Waals surface area contributed by atoms with E-state index in [1.807, 2.05) is 43.3 Å². The molecule has 0 saturated heterocycles. The number of aryl methyl sites for hydroxylation is 1. The summed E-state index contributed by atoms with van der Waals surface area (Å²) in [7, 11) is 1.62. The molecular weight excluding hydrogens is 543 g/mol. The van der Waals surface area contributed by atoms with Crippen molar-refractivity contribution < 1.29 is 9.47 Å². The second-order valence-electron chi connectivity index (χ2n) is 5.58. The maximum atomic E-state index is 6.00. The second-order valence-corrected chi connectivity index (χ2v) is 8.05. The molecule has 0 atom stereocenters. The van der Waals surface area contributed by atoms with Crippen molar-refractivity contribution in [2.24, 2.45) is 5.10 Å². The highest BCUT2D eigenvalue weighted by molar-refractivity contribution is 14.1. The number of rotatable bonds is 6. The number of benzene rings is 2. The molecular formula is C18H16BrIN4O2S. The normalized spacial score (nSPS) is 11.1. The highest BCUT2D eigenvalue weighted by atomic mass is 127. The van der Waals surface area contributed by atoms with Crippen LogP contribution in [0.25, 0.3) is 0 Å². The lowest BCUT2D eigenvalue weighted by atomic mass is 10.2. The maximum Gasteiger partial charge on any atom is 0.216 e. The van der Waals surface area contributed by atoms with Crippen molar-refractivity contribution in [3.05, 3.63) is 66.2 Å². The van der Waals surface area contributed by atoms with Crippen LogP contribution in [0.15, 0.2) is 46.0 Å². The second kappa shape index (κ2) is 8.98. The maximum absolute atomic E-state index is 6.00. The van der Waals surface area contributed by atoms with Crippen molar-refractivity contribution in [1.82, 2.24) is 14.9 Å². The van der Waals surface area contributed by atoms with Crippen LogP contribution in [-0.4, -0.2) is 28.2 Å². The Morgan fingerprint density at radius 2 is 2.07 bits per heavy atom. The van der Waals surface area contributed by atoms with E-state index in [0.29, 0.717) is 28.7 Å². The molecule has 0 bridgehead atoms. The van der Waals surface area contributed by atoms with Crippen LogP contribution in [0.1, 0.15) is 17.0 Å². The summed E-state index contributed by atoms with van der Waals surface area (Å²) in [4.78, 5) is 0. The van der Waals surface area contributed by atoms with Gasteiger partial charge in [-0.15, -0.1) is 0 Å². The molecule has 0 saturated carbocycles. The number of H-pyrrole nitrogens is 1. The standard InChI is InChI=1S/C18H16BrIN4O2S/c1-11-22-23-18(27)24(11)21-9-13-7-15(20)17(16(8-13)25-2)26-10-12-3-5-14(19)6-4-12/h3-9H,10H2,1-2H3,(H,23,27)/b21-9-. The molecule has 0 aliphatic heterocycles. The largest absolute Gasteiger partial charge is 0.493 e. The van der Waals surface area contributed by atoms with Crippen LogP contribution in [0.4, 0.5) is 0 Å². The van der Waals surface area contributed by atoms with Crippen molar-refractivity contribution in [2.75, 3.05) is 7.11 Å². The van der Waals surface area contributed by atoms with E-state index in [4.69, 9.17) is 21.7 Å². The Morgan fingerprint density at radius 3 is 2.70 bits per heavy atom. The smallest absolute Gasteiger partial charge is 0.216 e. The average Bonchev–Trinajstić information content (AvgIpc) is 2.98. The molecule has 0 unspecified atom stereocenters. The number of ether oxygens (including phenoxy) is 2. The molecule has 9 heteroatoms. The molecule has 0 fully saturated rings. The lowest BCUT2D eigenvalue weighted by Gasteiger charge is -2.13. The first kappa shape index (κ1) is 20.0. The number of methoxy groups -OCH3 is 1. The summed E-state index contributed by atoms with van der Waals surface area (Å²) in [6, 6.07) is 11.9. The van der Waals surface area contributed by atoms with E-state index in [1.54, 1.807) is 18.0 Å². The minimum absolute atomic E-state index is 0.444. The predicted molar refractivity (Wildman–Crippen MR) is 119 cm³/mol. The van der Waals surface area contributed by atoms with Gasteiger partial charge in [0, 0.05) is 4.47 Å². The summed E-state index contributed by atoms with van der Waals surface area (Å²) in [5.74, 6) is 2.04. The Bertz CT molecular complexity index is 1030. The Hall–Kier alpha value is -1.72. The van der Waals surface area contributed by atoms with Crippen LogP contribution in [0.3, 0.4) is 0 Å². The molecule has 2 aromatic carbocycles. The molecule has 1 N–H and O–H groups in total. The van der Waals surface area contributed by atoms with Gasteiger partial charge in [0.25, 0.3) is 0 Å². The van der Waals surface area contributed by atoms with Gasteiger partial charge in [-0.1, -0.05) is 28.1 Å². The third-order valence-corrected chi connectivity index (χ3v) is 5.28. The molecule has 3 rings (SSSR count). The van der Waals surface area contributed by atoms with Gasteiger partial charge in [0.2, 0.25) is 4.77 Å². The summed E-state index contributed by atoms with van der Waals surface area (Å²) in [5, 5.41) is 11.1. The van der Waals surface area contributed by atoms with Crippen LogP contribution >= 0.6 is 50.7 Å². The number of aromatic amines is 1. The van der Waals surface area contributed by atoms with Crippen LogP contribution in [0, 0.1) is 15.3 Å². The van der Waals surface area contributed by atoms with Gasteiger partial charge in [-0.25, -0.2) is 0 Å². The number of nitrogens with one attached hydrogen (secondary N) is 1. The Kier molecular flexibility index (Phi) is 6.66. The van der Waals surface area contributed by atoms with Crippen LogP contribution < -0.4 is 9.47 Å². The highest BCUT2D eigenvalue weighted by Gasteiger charge is 2.12. The molecule has 0 amide bonds. The van der Waals surface area contributed by atoms with Crippen molar-refractivity contribution in [3.63, 3.8) is 0 Å².